The molecule has 4 rings (SSSR count). The molecule has 3 aliphatic rings. The SMILES string of the molecule is CS(=O)(=O)N(c1cccc(C2CC2)c1)C(CN1CCCC1)C1CCCCC1. The number of rotatable bonds is 7. The molecular formula is C22H34N2O2S. The first-order valence-corrected chi connectivity index (χ1v) is 12.7. The molecular weight excluding hydrogens is 356 g/mol. The van der Waals surface area contributed by atoms with Crippen LogP contribution in [0.15, 0.2) is 24.3 Å². The fourth-order valence-corrected chi connectivity index (χ4v) is 6.35. The zero-order valence-electron chi connectivity index (χ0n) is 16.6. The zero-order chi connectivity index (χ0) is 18.9. The largest absolute Gasteiger partial charge is 0.301 e. The first-order valence-electron chi connectivity index (χ1n) is 10.8. The third-order valence-corrected chi connectivity index (χ3v) is 7.87. The van der Waals surface area contributed by atoms with Crippen molar-refractivity contribution in [3.63, 3.8) is 0 Å². The van der Waals surface area contributed by atoms with E-state index in [-0.39, 0.29) is 6.04 Å². The Morgan fingerprint density at radius 2 is 1.74 bits per heavy atom. The molecule has 150 valence electrons. The second-order valence-electron chi connectivity index (χ2n) is 8.90. The molecule has 1 aromatic carbocycles. The van der Waals surface area contributed by atoms with Crippen LogP contribution in [0.25, 0.3) is 0 Å². The van der Waals surface area contributed by atoms with Crippen molar-refractivity contribution in [3.8, 4) is 0 Å². The van der Waals surface area contributed by atoms with E-state index in [0.717, 1.165) is 38.2 Å². The van der Waals surface area contributed by atoms with E-state index in [1.165, 1.54) is 56.8 Å². The Bertz CT molecular complexity index is 732. The van der Waals surface area contributed by atoms with Crippen LogP contribution >= 0.6 is 0 Å². The molecule has 1 heterocycles. The normalized spacial score (nSPS) is 23.4. The first kappa shape index (κ1) is 19.3. The number of anilines is 1. The summed E-state index contributed by atoms with van der Waals surface area (Å²) in [5.74, 6) is 1.11. The lowest BCUT2D eigenvalue weighted by atomic mass is 9.83. The first-order chi connectivity index (χ1) is 13.0. The molecule has 0 radical (unpaired) electrons. The van der Waals surface area contributed by atoms with Gasteiger partial charge in [0.25, 0.3) is 0 Å². The lowest BCUT2D eigenvalue weighted by Gasteiger charge is -2.40. The molecule has 1 atom stereocenters. The summed E-state index contributed by atoms with van der Waals surface area (Å²) in [4.78, 5) is 2.49. The average molecular weight is 391 g/mol. The summed E-state index contributed by atoms with van der Waals surface area (Å²) < 4.78 is 27.8. The minimum absolute atomic E-state index is 0.0628. The predicted molar refractivity (Wildman–Crippen MR) is 112 cm³/mol. The molecule has 2 saturated carbocycles. The van der Waals surface area contributed by atoms with Gasteiger partial charge in [0.2, 0.25) is 10.0 Å². The van der Waals surface area contributed by atoms with Gasteiger partial charge in [-0.25, -0.2) is 8.42 Å². The maximum Gasteiger partial charge on any atom is 0.232 e. The van der Waals surface area contributed by atoms with Gasteiger partial charge in [-0.05, 0) is 81.1 Å². The van der Waals surface area contributed by atoms with E-state index in [2.05, 4.69) is 23.1 Å². The van der Waals surface area contributed by atoms with E-state index in [0.29, 0.717) is 11.8 Å². The summed E-state index contributed by atoms with van der Waals surface area (Å²) in [6.07, 6.45) is 12.5. The summed E-state index contributed by atoms with van der Waals surface area (Å²) in [6.45, 7) is 3.11. The Morgan fingerprint density at radius 1 is 1.04 bits per heavy atom. The van der Waals surface area contributed by atoms with E-state index in [1.54, 1.807) is 4.31 Å². The van der Waals surface area contributed by atoms with Crippen molar-refractivity contribution in [3.05, 3.63) is 29.8 Å². The molecule has 0 amide bonds. The molecule has 0 bridgehead atoms. The molecule has 27 heavy (non-hydrogen) atoms. The second-order valence-corrected chi connectivity index (χ2v) is 10.8. The Hall–Kier alpha value is -1.07. The van der Waals surface area contributed by atoms with Gasteiger partial charge in [-0.3, -0.25) is 4.31 Å². The van der Waals surface area contributed by atoms with Crippen LogP contribution in [0.1, 0.15) is 69.3 Å². The lowest BCUT2D eigenvalue weighted by Crippen LogP contribution is -2.50. The number of hydrogen-bond acceptors (Lipinski definition) is 3. The van der Waals surface area contributed by atoms with Gasteiger partial charge in [0.15, 0.2) is 0 Å². The van der Waals surface area contributed by atoms with Crippen molar-refractivity contribution in [2.75, 3.05) is 30.2 Å². The Morgan fingerprint density at radius 3 is 2.37 bits per heavy atom. The molecule has 1 unspecified atom stereocenters. The van der Waals surface area contributed by atoms with Crippen LogP contribution in [0.2, 0.25) is 0 Å². The van der Waals surface area contributed by atoms with Crippen LogP contribution in [0.5, 0.6) is 0 Å². The van der Waals surface area contributed by atoms with Crippen molar-refractivity contribution in [1.82, 2.24) is 4.90 Å². The Balaban J connectivity index is 1.68. The smallest absolute Gasteiger partial charge is 0.232 e. The van der Waals surface area contributed by atoms with E-state index in [1.807, 2.05) is 6.07 Å². The van der Waals surface area contributed by atoms with Gasteiger partial charge < -0.3 is 4.90 Å². The fourth-order valence-electron chi connectivity index (χ4n) is 5.12. The van der Waals surface area contributed by atoms with Gasteiger partial charge in [-0.2, -0.15) is 0 Å². The molecule has 4 nitrogen and oxygen atoms in total. The van der Waals surface area contributed by atoms with E-state index >= 15 is 0 Å². The van der Waals surface area contributed by atoms with Crippen molar-refractivity contribution in [2.24, 2.45) is 5.92 Å². The predicted octanol–water partition coefficient (Wildman–Crippen LogP) is 4.37. The summed E-state index contributed by atoms with van der Waals surface area (Å²) in [6, 6.07) is 8.44. The van der Waals surface area contributed by atoms with Crippen molar-refractivity contribution in [1.29, 1.82) is 0 Å². The minimum Gasteiger partial charge on any atom is -0.301 e. The summed E-state index contributed by atoms with van der Waals surface area (Å²) >= 11 is 0. The summed E-state index contributed by atoms with van der Waals surface area (Å²) in [5, 5.41) is 0. The Labute approximate surface area is 165 Å². The monoisotopic (exact) mass is 390 g/mol. The van der Waals surface area contributed by atoms with Crippen molar-refractivity contribution >= 4 is 15.7 Å². The van der Waals surface area contributed by atoms with Crippen molar-refractivity contribution in [2.45, 2.75) is 69.7 Å². The van der Waals surface area contributed by atoms with Gasteiger partial charge in [-0.1, -0.05) is 31.4 Å². The molecule has 1 aliphatic heterocycles. The number of benzene rings is 1. The molecule has 0 aromatic heterocycles. The number of nitrogens with zero attached hydrogens (tertiary/aromatic N) is 2. The summed E-state index contributed by atoms with van der Waals surface area (Å²) in [5.41, 5.74) is 2.20. The molecule has 2 aliphatic carbocycles. The van der Waals surface area contributed by atoms with Gasteiger partial charge in [0, 0.05) is 6.54 Å². The highest BCUT2D eigenvalue weighted by Crippen LogP contribution is 2.42. The topological polar surface area (TPSA) is 40.6 Å². The zero-order valence-corrected chi connectivity index (χ0v) is 17.5. The highest BCUT2D eigenvalue weighted by Gasteiger charge is 2.36. The van der Waals surface area contributed by atoms with Crippen LogP contribution in [-0.2, 0) is 10.0 Å². The Kier molecular flexibility index (Phi) is 5.79. The molecule has 5 heteroatoms. The molecule has 3 fully saturated rings. The summed E-state index contributed by atoms with van der Waals surface area (Å²) in [7, 11) is -3.32. The minimum atomic E-state index is -3.32. The molecule has 1 saturated heterocycles. The standard InChI is InChI=1S/C22H34N2O2S/c1-27(25,26)24(21-11-7-10-20(16-21)18-12-13-18)22(17-23-14-5-6-15-23)19-8-3-2-4-9-19/h7,10-11,16,18-19,22H,2-6,8-9,12-15,17H2,1H3. The van der Waals surface area contributed by atoms with Crippen LogP contribution in [0, 0.1) is 5.92 Å². The number of hydrogen-bond donors (Lipinski definition) is 0. The van der Waals surface area contributed by atoms with E-state index in [4.69, 9.17) is 0 Å². The fraction of sp³-hybridized carbons (Fsp3) is 0.727. The maximum atomic E-state index is 13.0. The van der Waals surface area contributed by atoms with Gasteiger partial charge >= 0.3 is 0 Å². The van der Waals surface area contributed by atoms with E-state index < -0.39 is 10.0 Å². The quantitative estimate of drug-likeness (QED) is 0.694. The van der Waals surface area contributed by atoms with Crippen LogP contribution in [-0.4, -0.2) is 45.2 Å². The molecule has 0 spiro atoms. The van der Waals surface area contributed by atoms with Gasteiger partial charge in [0.1, 0.15) is 0 Å². The van der Waals surface area contributed by atoms with Crippen LogP contribution < -0.4 is 4.31 Å². The molecule has 0 N–H and O–H groups in total. The number of sulfonamides is 1. The highest BCUT2D eigenvalue weighted by molar-refractivity contribution is 7.92. The van der Waals surface area contributed by atoms with E-state index in [9.17, 15) is 8.42 Å². The van der Waals surface area contributed by atoms with Crippen molar-refractivity contribution < 1.29 is 8.42 Å². The average Bonchev–Trinajstić information content (AvgIpc) is 3.38. The van der Waals surface area contributed by atoms with Crippen LogP contribution in [0.3, 0.4) is 0 Å². The maximum absolute atomic E-state index is 13.0. The highest BCUT2D eigenvalue weighted by atomic mass is 32.2. The van der Waals surface area contributed by atoms with Crippen LogP contribution in [0.4, 0.5) is 5.69 Å². The van der Waals surface area contributed by atoms with Gasteiger partial charge in [0.05, 0.1) is 18.0 Å². The molecule has 1 aromatic rings. The second kappa shape index (κ2) is 8.12. The third kappa shape index (κ3) is 4.68. The lowest BCUT2D eigenvalue weighted by molar-refractivity contribution is 0.235. The van der Waals surface area contributed by atoms with Gasteiger partial charge in [-0.15, -0.1) is 0 Å². The number of likely N-dealkylation sites (tertiary alicyclic amines) is 1. The third-order valence-electron chi connectivity index (χ3n) is 6.67.